The SMILES string of the molecule is Cc1cnc(CNC(=O)c2cnccc2Cl)cn1. The van der Waals surface area contributed by atoms with Crippen LogP contribution in [0.4, 0.5) is 0 Å². The number of carbonyl (C=O) groups excluding carboxylic acids is 1. The van der Waals surface area contributed by atoms with Gasteiger partial charge in [0.1, 0.15) is 0 Å². The molecule has 0 aromatic carbocycles. The van der Waals surface area contributed by atoms with Gasteiger partial charge < -0.3 is 5.32 Å². The molecule has 1 amide bonds. The first kappa shape index (κ1) is 12.4. The van der Waals surface area contributed by atoms with Crippen LogP contribution in [0.2, 0.25) is 5.02 Å². The summed E-state index contributed by atoms with van der Waals surface area (Å²) in [5, 5.41) is 3.08. The van der Waals surface area contributed by atoms with E-state index in [-0.39, 0.29) is 5.91 Å². The smallest absolute Gasteiger partial charge is 0.254 e. The Hall–Kier alpha value is -2.01. The molecule has 0 aliphatic heterocycles. The van der Waals surface area contributed by atoms with E-state index in [4.69, 9.17) is 11.6 Å². The summed E-state index contributed by atoms with van der Waals surface area (Å²) in [5.74, 6) is -0.282. The third kappa shape index (κ3) is 3.01. The molecule has 0 atom stereocenters. The molecule has 18 heavy (non-hydrogen) atoms. The highest BCUT2D eigenvalue weighted by molar-refractivity contribution is 6.33. The fourth-order valence-electron chi connectivity index (χ4n) is 1.32. The average molecular weight is 263 g/mol. The zero-order valence-corrected chi connectivity index (χ0v) is 10.5. The van der Waals surface area contributed by atoms with Gasteiger partial charge >= 0.3 is 0 Å². The Morgan fingerprint density at radius 2 is 2.17 bits per heavy atom. The van der Waals surface area contributed by atoms with Gasteiger partial charge in [-0.05, 0) is 13.0 Å². The van der Waals surface area contributed by atoms with Gasteiger partial charge in [0.2, 0.25) is 0 Å². The van der Waals surface area contributed by atoms with E-state index in [9.17, 15) is 4.79 Å². The molecule has 2 rings (SSSR count). The van der Waals surface area contributed by atoms with E-state index in [1.54, 1.807) is 18.5 Å². The molecule has 2 aromatic rings. The molecule has 1 N–H and O–H groups in total. The summed E-state index contributed by atoms with van der Waals surface area (Å²) in [5.41, 5.74) is 1.87. The molecule has 2 heterocycles. The van der Waals surface area contributed by atoms with E-state index in [1.165, 1.54) is 12.4 Å². The Balaban J connectivity index is 2.01. The number of nitrogens with one attached hydrogen (secondary N) is 1. The first-order valence-corrected chi connectivity index (χ1v) is 5.70. The summed E-state index contributed by atoms with van der Waals surface area (Å²) < 4.78 is 0. The van der Waals surface area contributed by atoms with E-state index in [0.717, 1.165) is 5.69 Å². The van der Waals surface area contributed by atoms with Gasteiger partial charge in [0.25, 0.3) is 5.91 Å². The predicted octanol–water partition coefficient (Wildman–Crippen LogP) is 1.76. The average Bonchev–Trinajstić information content (AvgIpc) is 2.38. The molecule has 0 radical (unpaired) electrons. The van der Waals surface area contributed by atoms with Crippen LogP contribution in [0.15, 0.2) is 30.9 Å². The van der Waals surface area contributed by atoms with E-state index in [1.807, 2.05) is 6.92 Å². The number of amides is 1. The van der Waals surface area contributed by atoms with E-state index < -0.39 is 0 Å². The Kier molecular flexibility index (Phi) is 3.84. The third-order valence-electron chi connectivity index (χ3n) is 2.28. The minimum atomic E-state index is -0.282. The van der Waals surface area contributed by atoms with Gasteiger partial charge in [-0.2, -0.15) is 0 Å². The summed E-state index contributed by atoms with van der Waals surface area (Å²) in [4.78, 5) is 23.9. The first-order chi connectivity index (χ1) is 8.66. The Morgan fingerprint density at radius 3 is 2.83 bits per heavy atom. The van der Waals surface area contributed by atoms with Gasteiger partial charge in [-0.3, -0.25) is 19.7 Å². The number of nitrogens with zero attached hydrogens (tertiary/aromatic N) is 3. The van der Waals surface area contributed by atoms with Crippen molar-refractivity contribution in [3.8, 4) is 0 Å². The van der Waals surface area contributed by atoms with Gasteiger partial charge in [-0.1, -0.05) is 11.6 Å². The standard InChI is InChI=1S/C12H11ClN4O/c1-8-4-16-9(5-15-8)6-17-12(18)10-7-14-3-2-11(10)13/h2-5,7H,6H2,1H3,(H,17,18). The molecule has 5 nitrogen and oxygen atoms in total. The van der Waals surface area contributed by atoms with E-state index >= 15 is 0 Å². The maximum atomic E-state index is 11.8. The van der Waals surface area contributed by atoms with Gasteiger partial charge in [-0.25, -0.2) is 0 Å². The van der Waals surface area contributed by atoms with Crippen LogP contribution < -0.4 is 5.32 Å². The van der Waals surface area contributed by atoms with Gasteiger partial charge in [0.15, 0.2) is 0 Å². The lowest BCUT2D eigenvalue weighted by Crippen LogP contribution is -2.23. The summed E-state index contributed by atoms with van der Waals surface area (Å²) >= 11 is 5.89. The van der Waals surface area contributed by atoms with Crippen LogP contribution in [0.1, 0.15) is 21.7 Å². The van der Waals surface area contributed by atoms with Crippen LogP contribution >= 0.6 is 11.6 Å². The minimum Gasteiger partial charge on any atom is -0.346 e. The second-order valence-electron chi connectivity index (χ2n) is 3.69. The van der Waals surface area contributed by atoms with E-state index in [0.29, 0.717) is 22.8 Å². The number of hydrogen-bond donors (Lipinski definition) is 1. The van der Waals surface area contributed by atoms with Crippen molar-refractivity contribution < 1.29 is 4.79 Å². The molecular formula is C12H11ClN4O. The molecule has 0 saturated heterocycles. The number of aromatic nitrogens is 3. The van der Waals surface area contributed by atoms with Crippen LogP contribution in [-0.2, 0) is 6.54 Å². The normalized spacial score (nSPS) is 10.1. The molecule has 92 valence electrons. The second-order valence-corrected chi connectivity index (χ2v) is 4.09. The fraction of sp³-hybridized carbons (Fsp3) is 0.167. The largest absolute Gasteiger partial charge is 0.346 e. The van der Waals surface area contributed by atoms with Crippen molar-refractivity contribution >= 4 is 17.5 Å². The van der Waals surface area contributed by atoms with Crippen LogP contribution in [0.25, 0.3) is 0 Å². The van der Waals surface area contributed by atoms with Gasteiger partial charge in [0, 0.05) is 18.6 Å². The van der Waals surface area contributed by atoms with Crippen molar-refractivity contribution in [2.75, 3.05) is 0 Å². The van der Waals surface area contributed by atoms with Crippen molar-refractivity contribution in [1.29, 1.82) is 0 Å². The molecule has 0 unspecified atom stereocenters. The topological polar surface area (TPSA) is 67.8 Å². The molecule has 0 bridgehead atoms. The van der Waals surface area contributed by atoms with Crippen molar-refractivity contribution in [2.24, 2.45) is 0 Å². The molecule has 2 aromatic heterocycles. The Bertz CT molecular complexity index is 556. The number of rotatable bonds is 3. The fourth-order valence-corrected chi connectivity index (χ4v) is 1.51. The van der Waals surface area contributed by atoms with Crippen LogP contribution in [-0.4, -0.2) is 20.9 Å². The molecule has 0 saturated carbocycles. The lowest BCUT2D eigenvalue weighted by atomic mass is 10.2. The van der Waals surface area contributed by atoms with Crippen LogP contribution in [0.3, 0.4) is 0 Å². The van der Waals surface area contributed by atoms with Gasteiger partial charge in [-0.15, -0.1) is 0 Å². The van der Waals surface area contributed by atoms with Crippen molar-refractivity contribution in [1.82, 2.24) is 20.3 Å². The monoisotopic (exact) mass is 262 g/mol. The zero-order chi connectivity index (χ0) is 13.0. The summed E-state index contributed by atoms with van der Waals surface area (Å²) in [6, 6.07) is 1.57. The second kappa shape index (κ2) is 5.55. The number of hydrogen-bond acceptors (Lipinski definition) is 4. The molecule has 6 heteroatoms. The Morgan fingerprint density at radius 1 is 1.33 bits per heavy atom. The molecular weight excluding hydrogens is 252 g/mol. The highest BCUT2D eigenvalue weighted by Gasteiger charge is 2.09. The number of carbonyl (C=O) groups is 1. The van der Waals surface area contributed by atoms with Crippen LogP contribution in [0, 0.1) is 6.92 Å². The number of halogens is 1. The molecule has 0 aliphatic carbocycles. The number of pyridine rings is 1. The first-order valence-electron chi connectivity index (χ1n) is 5.32. The minimum absolute atomic E-state index is 0.282. The van der Waals surface area contributed by atoms with Gasteiger partial charge in [0.05, 0.1) is 34.7 Å². The van der Waals surface area contributed by atoms with Crippen LogP contribution in [0.5, 0.6) is 0 Å². The molecule has 0 aliphatic rings. The summed E-state index contributed by atoms with van der Waals surface area (Å²) in [6.07, 6.45) is 6.24. The lowest BCUT2D eigenvalue weighted by molar-refractivity contribution is 0.0950. The zero-order valence-electron chi connectivity index (χ0n) is 9.72. The number of aryl methyl sites for hydroxylation is 1. The molecule has 0 spiro atoms. The highest BCUT2D eigenvalue weighted by Crippen LogP contribution is 2.13. The molecule has 0 fully saturated rings. The lowest BCUT2D eigenvalue weighted by Gasteiger charge is -2.05. The highest BCUT2D eigenvalue weighted by atomic mass is 35.5. The third-order valence-corrected chi connectivity index (χ3v) is 2.61. The Labute approximate surface area is 109 Å². The maximum absolute atomic E-state index is 11.8. The quantitative estimate of drug-likeness (QED) is 0.915. The van der Waals surface area contributed by atoms with Crippen molar-refractivity contribution in [3.63, 3.8) is 0 Å². The van der Waals surface area contributed by atoms with Crippen molar-refractivity contribution in [3.05, 3.63) is 52.8 Å². The van der Waals surface area contributed by atoms with Crippen molar-refractivity contribution in [2.45, 2.75) is 13.5 Å². The maximum Gasteiger partial charge on any atom is 0.254 e. The van der Waals surface area contributed by atoms with E-state index in [2.05, 4.69) is 20.3 Å². The summed E-state index contributed by atoms with van der Waals surface area (Å²) in [6.45, 7) is 2.15. The predicted molar refractivity (Wildman–Crippen MR) is 67.2 cm³/mol. The summed E-state index contributed by atoms with van der Waals surface area (Å²) in [7, 11) is 0.